The lowest BCUT2D eigenvalue weighted by atomic mass is 10.3. The monoisotopic (exact) mass is 273 g/mol. The number of hydrogen-bond donors (Lipinski definition) is 2. The number of anilines is 2. The fraction of sp³-hybridized carbons (Fsp3) is 0.429. The number of rotatable bonds is 4. The molecule has 1 aliphatic heterocycles. The van der Waals surface area contributed by atoms with Gasteiger partial charge in [-0.3, -0.25) is 0 Å². The molecule has 0 radical (unpaired) electrons. The molecule has 0 aliphatic carbocycles. The molecule has 0 spiro atoms. The maximum atomic E-state index is 5.37. The van der Waals surface area contributed by atoms with Crippen molar-refractivity contribution in [1.29, 1.82) is 0 Å². The van der Waals surface area contributed by atoms with Gasteiger partial charge in [0.15, 0.2) is 0 Å². The number of aromatic amines is 1. The Morgan fingerprint density at radius 2 is 2.25 bits per heavy atom. The van der Waals surface area contributed by atoms with Crippen LogP contribution in [-0.2, 0) is 4.74 Å². The maximum Gasteiger partial charge on any atom is 0.229 e. The van der Waals surface area contributed by atoms with E-state index in [1.165, 1.54) is 0 Å². The van der Waals surface area contributed by atoms with E-state index in [2.05, 4.69) is 37.8 Å². The Kier molecular flexibility index (Phi) is 3.56. The zero-order chi connectivity index (χ0) is 13.9. The summed E-state index contributed by atoms with van der Waals surface area (Å²) in [4.78, 5) is 14.7. The minimum atomic E-state index is 0.679. The molecule has 0 atom stereocenters. The second kappa shape index (κ2) is 5.50. The van der Waals surface area contributed by atoms with Crippen LogP contribution in [-0.4, -0.2) is 47.8 Å². The third kappa shape index (κ3) is 2.46. The van der Waals surface area contributed by atoms with Gasteiger partial charge in [-0.05, 0) is 13.0 Å². The quantitative estimate of drug-likeness (QED) is 0.830. The Balaban J connectivity index is 2.01. The number of nitrogens with one attached hydrogen (secondary N) is 2. The normalized spacial score (nSPS) is 15.6. The van der Waals surface area contributed by atoms with Gasteiger partial charge in [-0.1, -0.05) is 6.08 Å². The Morgan fingerprint density at radius 1 is 1.45 bits per heavy atom. The summed E-state index contributed by atoms with van der Waals surface area (Å²) < 4.78 is 5.37. The number of aryl methyl sites for hydroxylation is 1. The van der Waals surface area contributed by atoms with E-state index in [9.17, 15) is 0 Å². The first-order chi connectivity index (χ1) is 9.78. The highest BCUT2D eigenvalue weighted by molar-refractivity contribution is 5.89. The number of aromatic nitrogens is 3. The molecule has 0 saturated carbocycles. The molecule has 20 heavy (non-hydrogen) atoms. The third-order valence-electron chi connectivity index (χ3n) is 3.32. The summed E-state index contributed by atoms with van der Waals surface area (Å²) >= 11 is 0. The van der Waals surface area contributed by atoms with Crippen LogP contribution in [0.2, 0.25) is 0 Å². The van der Waals surface area contributed by atoms with Crippen molar-refractivity contribution in [3.05, 3.63) is 24.4 Å². The molecule has 0 amide bonds. The van der Waals surface area contributed by atoms with E-state index in [0.29, 0.717) is 6.54 Å². The highest BCUT2D eigenvalue weighted by Gasteiger charge is 2.17. The average Bonchev–Trinajstić information content (AvgIpc) is 2.86. The van der Waals surface area contributed by atoms with Crippen LogP contribution < -0.4 is 10.2 Å². The number of ether oxygens (including phenoxy) is 1. The van der Waals surface area contributed by atoms with Crippen LogP contribution in [0.3, 0.4) is 0 Å². The number of H-pyrrole nitrogens is 1. The van der Waals surface area contributed by atoms with E-state index in [1.54, 1.807) is 0 Å². The van der Waals surface area contributed by atoms with Crippen molar-refractivity contribution in [1.82, 2.24) is 15.0 Å². The molecule has 0 aromatic carbocycles. The molecule has 2 N–H and O–H groups in total. The Bertz CT molecular complexity index is 615. The second-order valence-corrected chi connectivity index (χ2v) is 4.86. The van der Waals surface area contributed by atoms with Crippen molar-refractivity contribution in [3.8, 4) is 0 Å². The lowest BCUT2D eigenvalue weighted by Crippen LogP contribution is -2.37. The van der Waals surface area contributed by atoms with Gasteiger partial charge in [0, 0.05) is 25.3 Å². The smallest absolute Gasteiger partial charge is 0.229 e. The summed E-state index contributed by atoms with van der Waals surface area (Å²) in [5.41, 5.74) is 1.95. The van der Waals surface area contributed by atoms with E-state index in [1.807, 2.05) is 13.0 Å². The van der Waals surface area contributed by atoms with E-state index in [4.69, 9.17) is 4.74 Å². The SMILES string of the molecule is C=CCNc1nc(N2CCOCC2)nc2[nH]c(C)cc12. The predicted molar refractivity (Wildman–Crippen MR) is 80.3 cm³/mol. The van der Waals surface area contributed by atoms with Crippen LogP contribution in [0.1, 0.15) is 5.69 Å². The molecule has 0 bridgehead atoms. The van der Waals surface area contributed by atoms with Crippen LogP contribution >= 0.6 is 0 Å². The van der Waals surface area contributed by atoms with Crippen molar-refractivity contribution in [2.45, 2.75) is 6.92 Å². The van der Waals surface area contributed by atoms with E-state index >= 15 is 0 Å². The molecular weight excluding hydrogens is 254 g/mol. The molecule has 6 nitrogen and oxygen atoms in total. The van der Waals surface area contributed by atoms with Gasteiger partial charge >= 0.3 is 0 Å². The summed E-state index contributed by atoms with van der Waals surface area (Å²) in [5.74, 6) is 1.59. The minimum absolute atomic E-state index is 0.679. The van der Waals surface area contributed by atoms with Crippen molar-refractivity contribution in [2.24, 2.45) is 0 Å². The number of fused-ring (bicyclic) bond motifs is 1. The van der Waals surface area contributed by atoms with Gasteiger partial charge in [-0.25, -0.2) is 0 Å². The first kappa shape index (κ1) is 12.9. The fourth-order valence-electron chi connectivity index (χ4n) is 2.34. The van der Waals surface area contributed by atoms with Gasteiger partial charge < -0.3 is 19.9 Å². The molecule has 6 heteroatoms. The number of hydrogen-bond acceptors (Lipinski definition) is 5. The topological polar surface area (TPSA) is 66.1 Å². The molecular formula is C14H19N5O. The van der Waals surface area contributed by atoms with Gasteiger partial charge in [-0.2, -0.15) is 9.97 Å². The van der Waals surface area contributed by atoms with Gasteiger partial charge in [0.2, 0.25) is 5.95 Å². The van der Waals surface area contributed by atoms with Gasteiger partial charge in [0.1, 0.15) is 11.5 Å². The average molecular weight is 273 g/mol. The first-order valence-corrected chi connectivity index (χ1v) is 6.83. The maximum absolute atomic E-state index is 5.37. The molecule has 2 aromatic rings. The summed E-state index contributed by atoms with van der Waals surface area (Å²) in [6.45, 7) is 9.53. The standard InChI is InChI=1S/C14H19N5O/c1-3-4-15-12-11-9-10(2)16-13(11)18-14(17-12)19-5-7-20-8-6-19/h3,9H,1,4-8H2,2H3,(H2,15,16,17,18). The van der Waals surface area contributed by atoms with Gasteiger partial charge in [0.05, 0.1) is 18.6 Å². The predicted octanol–water partition coefficient (Wildman–Crippen LogP) is 1.70. The van der Waals surface area contributed by atoms with E-state index in [-0.39, 0.29) is 0 Å². The first-order valence-electron chi connectivity index (χ1n) is 6.83. The summed E-state index contributed by atoms with van der Waals surface area (Å²) in [7, 11) is 0. The highest BCUT2D eigenvalue weighted by Crippen LogP contribution is 2.24. The molecule has 1 saturated heterocycles. The van der Waals surface area contributed by atoms with Gasteiger partial charge in [-0.15, -0.1) is 6.58 Å². The summed E-state index contributed by atoms with van der Waals surface area (Å²) in [6, 6.07) is 2.06. The van der Waals surface area contributed by atoms with E-state index < -0.39 is 0 Å². The minimum Gasteiger partial charge on any atom is -0.378 e. The molecule has 3 heterocycles. The van der Waals surface area contributed by atoms with Crippen molar-refractivity contribution >= 4 is 22.8 Å². The fourth-order valence-corrected chi connectivity index (χ4v) is 2.34. The molecule has 0 unspecified atom stereocenters. The lowest BCUT2D eigenvalue weighted by molar-refractivity contribution is 0.122. The zero-order valence-corrected chi connectivity index (χ0v) is 11.6. The van der Waals surface area contributed by atoms with Crippen LogP contribution in [0.4, 0.5) is 11.8 Å². The molecule has 2 aromatic heterocycles. The Morgan fingerprint density at radius 3 is 3.00 bits per heavy atom. The summed E-state index contributed by atoms with van der Waals surface area (Å²) in [5, 5.41) is 4.30. The van der Waals surface area contributed by atoms with Crippen LogP contribution in [0.5, 0.6) is 0 Å². The van der Waals surface area contributed by atoms with Gasteiger partial charge in [0.25, 0.3) is 0 Å². The molecule has 1 fully saturated rings. The van der Waals surface area contributed by atoms with Crippen molar-refractivity contribution in [2.75, 3.05) is 43.1 Å². The largest absolute Gasteiger partial charge is 0.378 e. The zero-order valence-electron chi connectivity index (χ0n) is 11.6. The summed E-state index contributed by atoms with van der Waals surface area (Å²) in [6.07, 6.45) is 1.82. The molecule has 3 rings (SSSR count). The van der Waals surface area contributed by atoms with Crippen LogP contribution in [0.25, 0.3) is 11.0 Å². The molecule has 1 aliphatic rings. The lowest BCUT2D eigenvalue weighted by Gasteiger charge is -2.27. The number of nitrogens with zero attached hydrogens (tertiary/aromatic N) is 3. The second-order valence-electron chi connectivity index (χ2n) is 4.86. The third-order valence-corrected chi connectivity index (χ3v) is 3.32. The Hall–Kier alpha value is -2.08. The highest BCUT2D eigenvalue weighted by atomic mass is 16.5. The van der Waals surface area contributed by atoms with Crippen LogP contribution in [0, 0.1) is 6.92 Å². The number of morpholine rings is 1. The Labute approximate surface area is 117 Å². The van der Waals surface area contributed by atoms with E-state index in [0.717, 1.165) is 54.8 Å². The molecule has 106 valence electrons. The van der Waals surface area contributed by atoms with Crippen LogP contribution in [0.15, 0.2) is 18.7 Å². The van der Waals surface area contributed by atoms with Crippen molar-refractivity contribution in [3.63, 3.8) is 0 Å². The van der Waals surface area contributed by atoms with Crippen molar-refractivity contribution < 1.29 is 4.74 Å².